The first-order valence-corrected chi connectivity index (χ1v) is 7.07. The SMILES string of the molecule is CCCC1CC(C(=O)Nc2cccc(NC(N)=O)c2)NN1. The number of nitrogens with two attached hydrogens (primary N) is 1. The van der Waals surface area contributed by atoms with E-state index < -0.39 is 6.03 Å². The van der Waals surface area contributed by atoms with Gasteiger partial charge in [0.05, 0.1) is 0 Å². The molecule has 6 N–H and O–H groups in total. The van der Waals surface area contributed by atoms with Gasteiger partial charge in [-0.05, 0) is 31.0 Å². The fraction of sp³-hybridized carbons (Fsp3) is 0.429. The Kier molecular flexibility index (Phi) is 5.13. The molecule has 0 aromatic heterocycles. The number of carbonyl (C=O) groups is 2. The molecule has 7 heteroatoms. The molecule has 1 fully saturated rings. The van der Waals surface area contributed by atoms with Gasteiger partial charge in [0.15, 0.2) is 0 Å². The minimum atomic E-state index is -0.637. The van der Waals surface area contributed by atoms with E-state index in [1.807, 2.05) is 0 Å². The molecule has 114 valence electrons. The van der Waals surface area contributed by atoms with Gasteiger partial charge < -0.3 is 16.4 Å². The summed E-state index contributed by atoms with van der Waals surface area (Å²) in [6, 6.07) is 6.30. The summed E-state index contributed by atoms with van der Waals surface area (Å²) in [7, 11) is 0. The van der Waals surface area contributed by atoms with Gasteiger partial charge in [0.25, 0.3) is 0 Å². The highest BCUT2D eigenvalue weighted by Crippen LogP contribution is 2.17. The van der Waals surface area contributed by atoms with Gasteiger partial charge >= 0.3 is 6.03 Å². The fourth-order valence-corrected chi connectivity index (χ4v) is 2.38. The van der Waals surface area contributed by atoms with E-state index in [0.29, 0.717) is 17.4 Å². The van der Waals surface area contributed by atoms with Crippen molar-refractivity contribution in [3.8, 4) is 0 Å². The molecular formula is C14H21N5O2. The summed E-state index contributed by atoms with van der Waals surface area (Å²) in [6.07, 6.45) is 2.88. The quantitative estimate of drug-likeness (QED) is 0.560. The molecule has 1 aromatic carbocycles. The normalized spacial score (nSPS) is 21.0. The first-order chi connectivity index (χ1) is 10.1. The average molecular weight is 291 g/mol. The Hall–Kier alpha value is -2.12. The number of urea groups is 1. The third-order valence-electron chi connectivity index (χ3n) is 3.33. The van der Waals surface area contributed by atoms with Crippen molar-refractivity contribution in [2.45, 2.75) is 38.3 Å². The predicted molar refractivity (Wildman–Crippen MR) is 81.7 cm³/mol. The second-order valence-corrected chi connectivity index (χ2v) is 5.12. The Bertz CT molecular complexity index is 520. The van der Waals surface area contributed by atoms with Crippen molar-refractivity contribution < 1.29 is 9.59 Å². The van der Waals surface area contributed by atoms with Gasteiger partial charge in [0.2, 0.25) is 5.91 Å². The zero-order valence-corrected chi connectivity index (χ0v) is 12.0. The monoisotopic (exact) mass is 291 g/mol. The number of rotatable bonds is 5. The Morgan fingerprint density at radius 3 is 2.67 bits per heavy atom. The largest absolute Gasteiger partial charge is 0.351 e. The number of carbonyl (C=O) groups excluding carboxylic acids is 2. The Morgan fingerprint density at radius 2 is 2.00 bits per heavy atom. The summed E-state index contributed by atoms with van der Waals surface area (Å²) in [4.78, 5) is 23.0. The maximum atomic E-state index is 12.2. The molecule has 0 bridgehead atoms. The number of anilines is 2. The van der Waals surface area contributed by atoms with E-state index in [1.54, 1.807) is 24.3 Å². The number of hydrogen-bond acceptors (Lipinski definition) is 4. The highest BCUT2D eigenvalue weighted by molar-refractivity contribution is 5.96. The molecule has 0 aliphatic carbocycles. The number of nitrogens with one attached hydrogen (secondary N) is 4. The van der Waals surface area contributed by atoms with Crippen molar-refractivity contribution in [1.82, 2.24) is 10.9 Å². The molecule has 3 amide bonds. The second-order valence-electron chi connectivity index (χ2n) is 5.12. The maximum Gasteiger partial charge on any atom is 0.316 e. The third kappa shape index (κ3) is 4.44. The third-order valence-corrected chi connectivity index (χ3v) is 3.33. The molecule has 0 saturated carbocycles. The number of benzene rings is 1. The molecule has 1 aromatic rings. The van der Waals surface area contributed by atoms with Crippen molar-refractivity contribution >= 4 is 23.3 Å². The molecule has 1 aliphatic heterocycles. The zero-order valence-electron chi connectivity index (χ0n) is 12.0. The molecular weight excluding hydrogens is 270 g/mol. The van der Waals surface area contributed by atoms with Gasteiger partial charge in [-0.2, -0.15) is 0 Å². The van der Waals surface area contributed by atoms with Crippen molar-refractivity contribution in [3.63, 3.8) is 0 Å². The highest BCUT2D eigenvalue weighted by Gasteiger charge is 2.28. The standard InChI is InChI=1S/C14H21N5O2/c1-2-4-11-8-12(19-18-11)13(20)16-9-5-3-6-10(7-9)17-14(15)21/h3,5-7,11-12,18-19H,2,4,8H2,1H3,(H,16,20)(H3,15,17,21). The molecule has 0 radical (unpaired) electrons. The molecule has 1 saturated heterocycles. The van der Waals surface area contributed by atoms with Crippen molar-refractivity contribution in [1.29, 1.82) is 0 Å². The van der Waals surface area contributed by atoms with Crippen LogP contribution in [0.3, 0.4) is 0 Å². The van der Waals surface area contributed by atoms with Crippen LogP contribution in [0.15, 0.2) is 24.3 Å². The van der Waals surface area contributed by atoms with E-state index in [2.05, 4.69) is 28.4 Å². The van der Waals surface area contributed by atoms with Crippen LogP contribution in [0.4, 0.5) is 16.2 Å². The molecule has 2 unspecified atom stereocenters. The van der Waals surface area contributed by atoms with Crippen LogP contribution in [0, 0.1) is 0 Å². The van der Waals surface area contributed by atoms with Gasteiger partial charge in [-0.3, -0.25) is 10.2 Å². The van der Waals surface area contributed by atoms with Crippen molar-refractivity contribution in [3.05, 3.63) is 24.3 Å². The number of hydrogen-bond donors (Lipinski definition) is 5. The van der Waals surface area contributed by atoms with Crippen LogP contribution in [0.5, 0.6) is 0 Å². The summed E-state index contributed by atoms with van der Waals surface area (Å²) >= 11 is 0. The lowest BCUT2D eigenvalue weighted by Crippen LogP contribution is -2.40. The minimum Gasteiger partial charge on any atom is -0.351 e. The van der Waals surface area contributed by atoms with Gasteiger partial charge in [-0.15, -0.1) is 0 Å². The first kappa shape index (κ1) is 15.3. The first-order valence-electron chi connectivity index (χ1n) is 7.07. The van der Waals surface area contributed by atoms with Crippen LogP contribution in [-0.4, -0.2) is 24.0 Å². The predicted octanol–water partition coefficient (Wildman–Crippen LogP) is 1.15. The lowest BCUT2D eigenvalue weighted by atomic mass is 10.1. The maximum absolute atomic E-state index is 12.2. The second kappa shape index (κ2) is 7.05. The zero-order chi connectivity index (χ0) is 15.2. The summed E-state index contributed by atoms with van der Waals surface area (Å²) in [5, 5.41) is 5.30. The number of hydrazine groups is 1. The molecule has 1 aliphatic rings. The van der Waals surface area contributed by atoms with Crippen LogP contribution < -0.4 is 27.2 Å². The van der Waals surface area contributed by atoms with E-state index >= 15 is 0 Å². The molecule has 21 heavy (non-hydrogen) atoms. The topological polar surface area (TPSA) is 108 Å². The smallest absolute Gasteiger partial charge is 0.316 e. The fourth-order valence-electron chi connectivity index (χ4n) is 2.38. The molecule has 0 spiro atoms. The van der Waals surface area contributed by atoms with Gasteiger partial charge in [0.1, 0.15) is 6.04 Å². The Labute approximate surface area is 123 Å². The molecule has 2 rings (SSSR count). The summed E-state index contributed by atoms with van der Waals surface area (Å²) < 4.78 is 0. The van der Waals surface area contributed by atoms with E-state index in [9.17, 15) is 9.59 Å². The Morgan fingerprint density at radius 1 is 1.29 bits per heavy atom. The lowest BCUT2D eigenvalue weighted by Gasteiger charge is -2.11. The van der Waals surface area contributed by atoms with Crippen LogP contribution in [0.2, 0.25) is 0 Å². The van der Waals surface area contributed by atoms with Crippen LogP contribution >= 0.6 is 0 Å². The summed E-state index contributed by atoms with van der Waals surface area (Å²) in [5.74, 6) is -0.0997. The van der Waals surface area contributed by atoms with E-state index in [1.165, 1.54) is 0 Å². The van der Waals surface area contributed by atoms with Gasteiger partial charge in [-0.25, -0.2) is 10.2 Å². The van der Waals surface area contributed by atoms with Crippen molar-refractivity contribution in [2.24, 2.45) is 5.73 Å². The van der Waals surface area contributed by atoms with Gasteiger partial charge in [-0.1, -0.05) is 19.4 Å². The molecule has 2 atom stereocenters. The van der Waals surface area contributed by atoms with E-state index in [0.717, 1.165) is 19.3 Å². The van der Waals surface area contributed by atoms with Crippen LogP contribution in [0.1, 0.15) is 26.2 Å². The minimum absolute atomic E-state index is 0.0997. The highest BCUT2D eigenvalue weighted by atomic mass is 16.2. The molecule has 7 nitrogen and oxygen atoms in total. The van der Waals surface area contributed by atoms with E-state index in [-0.39, 0.29) is 11.9 Å². The van der Waals surface area contributed by atoms with Crippen molar-refractivity contribution in [2.75, 3.05) is 10.6 Å². The average Bonchev–Trinajstić information content (AvgIpc) is 2.87. The molecule has 1 heterocycles. The summed E-state index contributed by atoms with van der Waals surface area (Å²) in [5.41, 5.74) is 12.4. The van der Waals surface area contributed by atoms with E-state index in [4.69, 9.17) is 5.73 Å². The van der Waals surface area contributed by atoms with Crippen LogP contribution in [0.25, 0.3) is 0 Å². The summed E-state index contributed by atoms with van der Waals surface area (Å²) in [6.45, 7) is 2.12. The van der Waals surface area contributed by atoms with Gasteiger partial charge in [0, 0.05) is 17.4 Å². The Balaban J connectivity index is 1.92. The number of amides is 3. The van der Waals surface area contributed by atoms with Crippen LogP contribution in [-0.2, 0) is 4.79 Å². The number of primary amides is 1. The lowest BCUT2D eigenvalue weighted by molar-refractivity contribution is -0.117.